The van der Waals surface area contributed by atoms with E-state index in [2.05, 4.69) is 5.32 Å². The number of nitrogens with one attached hydrogen (secondary N) is 1. The molecule has 0 saturated carbocycles. The average molecular weight is 310 g/mol. The Morgan fingerprint density at radius 3 is 2.43 bits per heavy atom. The lowest BCUT2D eigenvalue weighted by atomic mass is 9.95. The van der Waals surface area contributed by atoms with E-state index in [1.54, 1.807) is 18.2 Å². The second-order valence-corrected chi connectivity index (χ2v) is 5.54. The van der Waals surface area contributed by atoms with Gasteiger partial charge in [-0.1, -0.05) is 31.5 Å². The van der Waals surface area contributed by atoms with Gasteiger partial charge in [0.1, 0.15) is 0 Å². The normalized spacial score (nSPS) is 11.6. The molecule has 0 aromatic heterocycles. The van der Waals surface area contributed by atoms with Crippen LogP contribution in [0.2, 0.25) is 5.02 Å². The number of carboxylic acid groups (broad SMARTS) is 1. The first-order chi connectivity index (χ1) is 9.81. The first-order valence-corrected chi connectivity index (χ1v) is 7.22. The predicted octanol–water partition coefficient (Wildman–Crippen LogP) is 3.75. The summed E-state index contributed by atoms with van der Waals surface area (Å²) in [6, 6.07) is 4.81. The van der Waals surface area contributed by atoms with Gasteiger partial charge in [0.05, 0.1) is 0 Å². The van der Waals surface area contributed by atoms with Crippen LogP contribution in [0.1, 0.15) is 49.5 Å². The standard InChI is InChI=1S/C16H20ClNO3/c1-4-16(3,5-2)18-15(21)12-7-6-11(13(17)10-12)8-9-14(19)20/h6-10H,4-5H2,1-3H3,(H,18,21)(H,19,20)/b9-8+. The summed E-state index contributed by atoms with van der Waals surface area (Å²) in [5.74, 6) is -1.23. The van der Waals surface area contributed by atoms with E-state index in [4.69, 9.17) is 16.7 Å². The van der Waals surface area contributed by atoms with Crippen LogP contribution < -0.4 is 5.32 Å². The topological polar surface area (TPSA) is 66.4 Å². The molecule has 0 aliphatic carbocycles. The van der Waals surface area contributed by atoms with Crippen molar-refractivity contribution in [3.05, 3.63) is 40.4 Å². The molecule has 0 bridgehead atoms. The highest BCUT2D eigenvalue weighted by atomic mass is 35.5. The quantitative estimate of drug-likeness (QED) is 0.787. The van der Waals surface area contributed by atoms with Gasteiger partial charge in [-0.25, -0.2) is 4.79 Å². The Balaban J connectivity index is 2.93. The Hall–Kier alpha value is -1.81. The molecule has 21 heavy (non-hydrogen) atoms. The summed E-state index contributed by atoms with van der Waals surface area (Å²) in [4.78, 5) is 22.7. The number of carboxylic acids is 1. The van der Waals surface area contributed by atoms with Gasteiger partial charge in [-0.2, -0.15) is 0 Å². The highest BCUT2D eigenvalue weighted by Crippen LogP contribution is 2.21. The van der Waals surface area contributed by atoms with Gasteiger partial charge in [-0.3, -0.25) is 4.79 Å². The van der Waals surface area contributed by atoms with Gasteiger partial charge in [0.15, 0.2) is 0 Å². The van der Waals surface area contributed by atoms with Gasteiger partial charge in [-0.15, -0.1) is 0 Å². The molecular weight excluding hydrogens is 290 g/mol. The molecule has 0 unspecified atom stereocenters. The zero-order valence-electron chi connectivity index (χ0n) is 12.4. The zero-order chi connectivity index (χ0) is 16.0. The van der Waals surface area contributed by atoms with Crippen LogP contribution in [-0.2, 0) is 4.79 Å². The number of carbonyl (C=O) groups excluding carboxylic acids is 1. The van der Waals surface area contributed by atoms with E-state index < -0.39 is 5.97 Å². The Kier molecular flexibility index (Phi) is 5.97. The molecule has 0 aliphatic heterocycles. The van der Waals surface area contributed by atoms with Crippen LogP contribution in [0.5, 0.6) is 0 Å². The van der Waals surface area contributed by atoms with Gasteiger partial charge in [0, 0.05) is 22.2 Å². The fourth-order valence-corrected chi connectivity index (χ4v) is 1.98. The van der Waals surface area contributed by atoms with E-state index in [1.165, 1.54) is 6.08 Å². The SMILES string of the molecule is CCC(C)(CC)NC(=O)c1ccc(/C=C/C(=O)O)c(Cl)c1. The molecule has 0 aliphatic rings. The van der Waals surface area contributed by atoms with Crippen LogP contribution in [0.15, 0.2) is 24.3 Å². The van der Waals surface area contributed by atoms with Crippen LogP contribution in [0.3, 0.4) is 0 Å². The van der Waals surface area contributed by atoms with Crippen molar-refractivity contribution in [2.75, 3.05) is 0 Å². The van der Waals surface area contributed by atoms with E-state index in [0.717, 1.165) is 18.9 Å². The van der Waals surface area contributed by atoms with Crippen LogP contribution in [-0.4, -0.2) is 22.5 Å². The highest BCUT2D eigenvalue weighted by molar-refractivity contribution is 6.32. The molecule has 0 atom stereocenters. The molecule has 0 heterocycles. The maximum absolute atomic E-state index is 12.2. The Morgan fingerprint density at radius 1 is 1.33 bits per heavy atom. The lowest BCUT2D eigenvalue weighted by molar-refractivity contribution is -0.131. The van der Waals surface area contributed by atoms with Crippen molar-refractivity contribution in [3.63, 3.8) is 0 Å². The summed E-state index contributed by atoms with van der Waals surface area (Å²) in [5, 5.41) is 11.9. The van der Waals surface area contributed by atoms with Crippen molar-refractivity contribution in [1.29, 1.82) is 0 Å². The second-order valence-electron chi connectivity index (χ2n) is 5.13. The monoisotopic (exact) mass is 309 g/mol. The van der Waals surface area contributed by atoms with Gasteiger partial charge in [-0.05, 0) is 43.5 Å². The smallest absolute Gasteiger partial charge is 0.328 e. The Morgan fingerprint density at radius 2 is 1.95 bits per heavy atom. The summed E-state index contributed by atoms with van der Waals surface area (Å²) in [5.41, 5.74) is 0.774. The van der Waals surface area contributed by atoms with Crippen molar-refractivity contribution in [1.82, 2.24) is 5.32 Å². The fourth-order valence-electron chi connectivity index (χ4n) is 1.74. The molecule has 0 radical (unpaired) electrons. The van der Waals surface area contributed by atoms with E-state index in [1.807, 2.05) is 20.8 Å². The predicted molar refractivity (Wildman–Crippen MR) is 84.6 cm³/mol. The third-order valence-corrected chi connectivity index (χ3v) is 3.97. The molecule has 1 aromatic carbocycles. The second kappa shape index (κ2) is 7.27. The molecule has 0 spiro atoms. The van der Waals surface area contributed by atoms with Gasteiger partial charge in [0.25, 0.3) is 5.91 Å². The minimum absolute atomic E-state index is 0.183. The van der Waals surface area contributed by atoms with Gasteiger partial charge in [0.2, 0.25) is 0 Å². The van der Waals surface area contributed by atoms with Crippen LogP contribution >= 0.6 is 11.6 Å². The number of halogens is 1. The van der Waals surface area contributed by atoms with E-state index in [9.17, 15) is 9.59 Å². The summed E-state index contributed by atoms with van der Waals surface area (Å²) in [7, 11) is 0. The van der Waals surface area contributed by atoms with Crippen molar-refractivity contribution in [3.8, 4) is 0 Å². The number of benzene rings is 1. The Labute approximate surface area is 129 Å². The van der Waals surface area contributed by atoms with Crippen molar-refractivity contribution in [2.45, 2.75) is 39.2 Å². The molecule has 114 valence electrons. The summed E-state index contributed by atoms with van der Waals surface area (Å²) >= 11 is 6.07. The summed E-state index contributed by atoms with van der Waals surface area (Å²) in [6.07, 6.45) is 4.07. The number of hydrogen-bond donors (Lipinski definition) is 2. The molecule has 1 rings (SSSR count). The number of rotatable bonds is 6. The number of aliphatic carboxylic acids is 1. The van der Waals surface area contributed by atoms with Crippen molar-refractivity contribution < 1.29 is 14.7 Å². The van der Waals surface area contributed by atoms with Crippen molar-refractivity contribution >= 4 is 29.6 Å². The lowest BCUT2D eigenvalue weighted by Crippen LogP contribution is -2.44. The summed E-state index contributed by atoms with van der Waals surface area (Å²) in [6.45, 7) is 6.05. The van der Waals surface area contributed by atoms with Crippen LogP contribution in [0.25, 0.3) is 6.08 Å². The maximum atomic E-state index is 12.2. The molecule has 5 heteroatoms. The molecule has 2 N–H and O–H groups in total. The van der Waals surface area contributed by atoms with Crippen molar-refractivity contribution in [2.24, 2.45) is 0 Å². The number of amides is 1. The average Bonchev–Trinajstić information content (AvgIpc) is 2.45. The molecular formula is C16H20ClNO3. The molecule has 1 aromatic rings. The van der Waals surface area contributed by atoms with E-state index in [-0.39, 0.29) is 11.4 Å². The first-order valence-electron chi connectivity index (χ1n) is 6.84. The van der Waals surface area contributed by atoms with Gasteiger partial charge >= 0.3 is 5.97 Å². The molecule has 1 amide bonds. The lowest BCUT2D eigenvalue weighted by Gasteiger charge is -2.28. The van der Waals surface area contributed by atoms with E-state index in [0.29, 0.717) is 16.1 Å². The van der Waals surface area contributed by atoms with Crippen LogP contribution in [0.4, 0.5) is 0 Å². The number of carbonyl (C=O) groups is 2. The van der Waals surface area contributed by atoms with Crippen LogP contribution in [0, 0.1) is 0 Å². The minimum atomic E-state index is -1.05. The molecule has 0 saturated heterocycles. The van der Waals surface area contributed by atoms with Gasteiger partial charge < -0.3 is 10.4 Å². The Bertz CT molecular complexity index is 563. The van der Waals surface area contributed by atoms with E-state index >= 15 is 0 Å². The molecule has 0 fully saturated rings. The molecule has 4 nitrogen and oxygen atoms in total. The third kappa shape index (κ3) is 4.90. The minimum Gasteiger partial charge on any atom is -0.478 e. The highest BCUT2D eigenvalue weighted by Gasteiger charge is 2.22. The third-order valence-electron chi connectivity index (χ3n) is 3.64. The first kappa shape index (κ1) is 17.2. The zero-order valence-corrected chi connectivity index (χ0v) is 13.2. The number of hydrogen-bond acceptors (Lipinski definition) is 2. The maximum Gasteiger partial charge on any atom is 0.328 e. The fraction of sp³-hybridized carbons (Fsp3) is 0.375. The largest absolute Gasteiger partial charge is 0.478 e. The summed E-state index contributed by atoms with van der Waals surface area (Å²) < 4.78 is 0.